The van der Waals surface area contributed by atoms with Crippen molar-refractivity contribution in [3.05, 3.63) is 114 Å². The second-order valence-corrected chi connectivity index (χ2v) is 10.2. The van der Waals surface area contributed by atoms with Gasteiger partial charge in [-0.05, 0) is 25.5 Å². The van der Waals surface area contributed by atoms with E-state index >= 15 is 0 Å². The zero-order valence-electron chi connectivity index (χ0n) is 17.0. The molecule has 1 aromatic heterocycles. The van der Waals surface area contributed by atoms with Crippen LogP contribution in [0.5, 0.6) is 0 Å². The summed E-state index contributed by atoms with van der Waals surface area (Å²) in [4.78, 5) is 4.70. The highest BCUT2D eigenvalue weighted by molar-refractivity contribution is 7.87. The molecule has 3 aromatic carbocycles. The number of pyridine rings is 1. The average Bonchev–Trinajstić information content (AvgIpc) is 2.79. The van der Waals surface area contributed by atoms with Gasteiger partial charge in [0.2, 0.25) is 0 Å². The highest BCUT2D eigenvalue weighted by atomic mass is 31.2. The van der Waals surface area contributed by atoms with E-state index in [1.165, 1.54) is 0 Å². The Labute approximate surface area is 177 Å². The second-order valence-electron chi connectivity index (χ2n) is 7.13. The Morgan fingerprint density at radius 2 is 1.17 bits per heavy atom. The van der Waals surface area contributed by atoms with Crippen molar-refractivity contribution in [1.82, 2.24) is 4.98 Å². The molecular formula is C26H22N3P. The molecule has 0 aliphatic heterocycles. The predicted octanol–water partition coefficient (Wildman–Crippen LogP) is 5.38. The van der Waals surface area contributed by atoms with Gasteiger partial charge in [0.1, 0.15) is 6.07 Å². The topological polar surface area (TPSA) is 49.0 Å². The van der Waals surface area contributed by atoms with Crippen LogP contribution in [-0.2, 0) is 0 Å². The van der Waals surface area contributed by atoms with Crippen molar-refractivity contribution in [2.24, 2.45) is 4.74 Å². The van der Waals surface area contributed by atoms with E-state index in [0.717, 1.165) is 27.2 Å². The Morgan fingerprint density at radius 1 is 0.733 bits per heavy atom. The summed E-state index contributed by atoms with van der Waals surface area (Å²) >= 11 is 0. The quantitative estimate of drug-likeness (QED) is 0.427. The van der Waals surface area contributed by atoms with Gasteiger partial charge in [0, 0.05) is 21.6 Å². The fourth-order valence-electron chi connectivity index (χ4n) is 3.72. The molecule has 30 heavy (non-hydrogen) atoms. The molecule has 0 aliphatic carbocycles. The minimum absolute atomic E-state index is 0.514. The van der Waals surface area contributed by atoms with Crippen LogP contribution in [0.2, 0.25) is 0 Å². The lowest BCUT2D eigenvalue weighted by atomic mass is 10.1. The summed E-state index contributed by atoms with van der Waals surface area (Å²) in [7, 11) is -2.44. The number of hydrogen-bond donors (Lipinski definition) is 0. The predicted molar refractivity (Wildman–Crippen MR) is 126 cm³/mol. The molecule has 4 rings (SSSR count). The Morgan fingerprint density at radius 3 is 1.57 bits per heavy atom. The first-order valence-electron chi connectivity index (χ1n) is 9.82. The summed E-state index contributed by atoms with van der Waals surface area (Å²) in [6, 6.07) is 35.4. The van der Waals surface area contributed by atoms with Gasteiger partial charge in [-0.25, -0.2) is 9.73 Å². The van der Waals surface area contributed by atoms with Gasteiger partial charge in [-0.15, -0.1) is 0 Å². The number of hydrogen-bond acceptors (Lipinski definition) is 3. The van der Waals surface area contributed by atoms with Crippen LogP contribution in [0.1, 0.15) is 16.8 Å². The van der Waals surface area contributed by atoms with Crippen LogP contribution in [-0.4, -0.2) is 4.98 Å². The lowest BCUT2D eigenvalue weighted by Crippen LogP contribution is -2.25. The van der Waals surface area contributed by atoms with Crippen LogP contribution < -0.4 is 15.9 Å². The standard InChI is InChI=1S/C26H22N3P/c1-20-18-21(2)28-26(25(20)19-27)29-30(22-12-6-3-7-13-22,23-14-8-4-9-15-23)24-16-10-5-11-17-24/h3-18H,1-2H3. The van der Waals surface area contributed by atoms with Crippen molar-refractivity contribution in [2.75, 3.05) is 0 Å². The average molecular weight is 407 g/mol. The van der Waals surface area contributed by atoms with Crippen molar-refractivity contribution in [3.63, 3.8) is 0 Å². The van der Waals surface area contributed by atoms with Crippen molar-refractivity contribution in [2.45, 2.75) is 13.8 Å². The minimum atomic E-state index is -2.44. The Hall–Kier alpha value is -3.47. The molecule has 0 fully saturated rings. The molecule has 4 aromatic rings. The SMILES string of the molecule is Cc1cc(C)c(C#N)c(N=P(c2ccccc2)(c2ccccc2)c2ccccc2)n1. The van der Waals surface area contributed by atoms with Crippen molar-refractivity contribution in [1.29, 1.82) is 5.26 Å². The first kappa shape index (κ1) is 19.8. The van der Waals surface area contributed by atoms with Crippen LogP contribution in [0.3, 0.4) is 0 Å². The van der Waals surface area contributed by atoms with Crippen LogP contribution >= 0.6 is 7.05 Å². The summed E-state index contributed by atoms with van der Waals surface area (Å²) in [5.74, 6) is 0.514. The maximum Gasteiger partial charge on any atom is 0.170 e. The van der Waals surface area contributed by atoms with Crippen LogP contribution in [0, 0.1) is 25.2 Å². The zero-order chi connectivity index (χ0) is 21.0. The molecule has 1 heterocycles. The number of nitrogens with zero attached hydrogens (tertiary/aromatic N) is 3. The Bertz CT molecular complexity index is 1160. The van der Waals surface area contributed by atoms with E-state index in [1.807, 2.05) is 74.5 Å². The largest absolute Gasteiger partial charge is 0.233 e. The van der Waals surface area contributed by atoms with Gasteiger partial charge in [-0.2, -0.15) is 5.26 Å². The van der Waals surface area contributed by atoms with E-state index < -0.39 is 7.05 Å². The third-order valence-corrected chi connectivity index (χ3v) is 8.70. The molecule has 0 atom stereocenters. The van der Waals surface area contributed by atoms with Gasteiger partial charge in [0.15, 0.2) is 5.82 Å². The van der Waals surface area contributed by atoms with Crippen LogP contribution in [0.15, 0.2) is 102 Å². The van der Waals surface area contributed by atoms with Crippen LogP contribution in [0.4, 0.5) is 5.82 Å². The summed E-state index contributed by atoms with van der Waals surface area (Å²) < 4.78 is 5.37. The van der Waals surface area contributed by atoms with E-state index in [1.54, 1.807) is 0 Å². The molecule has 146 valence electrons. The Balaban J connectivity index is 2.20. The van der Waals surface area contributed by atoms with Gasteiger partial charge in [-0.1, -0.05) is 91.0 Å². The molecule has 0 unspecified atom stereocenters. The van der Waals surface area contributed by atoms with E-state index in [0.29, 0.717) is 11.4 Å². The third-order valence-electron chi connectivity index (χ3n) is 5.07. The summed E-state index contributed by atoms with van der Waals surface area (Å²) in [6.07, 6.45) is 0. The van der Waals surface area contributed by atoms with Crippen LogP contribution in [0.25, 0.3) is 0 Å². The van der Waals surface area contributed by atoms with E-state index in [4.69, 9.17) is 9.73 Å². The summed E-state index contributed by atoms with van der Waals surface area (Å²) in [5, 5.41) is 13.3. The maximum absolute atomic E-state index is 9.86. The van der Waals surface area contributed by atoms with Crippen molar-refractivity contribution < 1.29 is 0 Å². The minimum Gasteiger partial charge on any atom is -0.233 e. The second kappa shape index (κ2) is 8.49. The number of benzene rings is 3. The monoisotopic (exact) mass is 407 g/mol. The molecule has 0 spiro atoms. The highest BCUT2D eigenvalue weighted by Crippen LogP contribution is 2.49. The number of rotatable bonds is 4. The molecular weight excluding hydrogens is 385 g/mol. The van der Waals surface area contributed by atoms with Gasteiger partial charge in [0.05, 0.1) is 12.6 Å². The van der Waals surface area contributed by atoms with E-state index in [9.17, 15) is 5.26 Å². The molecule has 4 heteroatoms. The first-order valence-corrected chi connectivity index (χ1v) is 11.6. The summed E-state index contributed by atoms with van der Waals surface area (Å²) in [5.41, 5.74) is 2.29. The summed E-state index contributed by atoms with van der Waals surface area (Å²) in [6.45, 7) is 3.89. The molecule has 0 radical (unpaired) electrons. The molecule has 0 bridgehead atoms. The molecule has 0 saturated carbocycles. The van der Waals surface area contributed by atoms with Crippen molar-refractivity contribution in [3.8, 4) is 6.07 Å². The van der Waals surface area contributed by atoms with Gasteiger partial charge < -0.3 is 0 Å². The lowest BCUT2D eigenvalue weighted by Gasteiger charge is -2.27. The molecule has 0 N–H and O–H groups in total. The zero-order valence-corrected chi connectivity index (χ0v) is 17.9. The smallest absolute Gasteiger partial charge is 0.170 e. The van der Waals surface area contributed by atoms with E-state index in [2.05, 4.69) is 42.5 Å². The third kappa shape index (κ3) is 3.59. The number of aromatic nitrogens is 1. The fraction of sp³-hybridized carbons (Fsp3) is 0.0769. The highest BCUT2D eigenvalue weighted by Gasteiger charge is 2.28. The molecule has 0 amide bonds. The van der Waals surface area contributed by atoms with Gasteiger partial charge in [-0.3, -0.25) is 0 Å². The van der Waals surface area contributed by atoms with Gasteiger partial charge in [0.25, 0.3) is 0 Å². The van der Waals surface area contributed by atoms with Gasteiger partial charge >= 0.3 is 0 Å². The number of nitriles is 1. The molecule has 0 saturated heterocycles. The molecule has 3 nitrogen and oxygen atoms in total. The first-order chi connectivity index (χ1) is 14.6. The fourth-order valence-corrected chi connectivity index (χ4v) is 7.20. The van der Waals surface area contributed by atoms with E-state index in [-0.39, 0.29) is 0 Å². The Kier molecular flexibility index (Phi) is 5.61. The lowest BCUT2D eigenvalue weighted by molar-refractivity contribution is 1.15. The normalized spacial score (nSPS) is 11.0. The number of aryl methyl sites for hydroxylation is 2. The molecule has 0 aliphatic rings. The maximum atomic E-state index is 9.86. The van der Waals surface area contributed by atoms with Crippen molar-refractivity contribution >= 4 is 28.8 Å².